The molecule has 1 amide bonds. The number of halogens is 2. The van der Waals surface area contributed by atoms with Crippen molar-refractivity contribution in [2.75, 3.05) is 38.6 Å². The minimum absolute atomic E-state index is 0.0334. The number of amides is 1. The van der Waals surface area contributed by atoms with Gasteiger partial charge in [-0.2, -0.15) is 8.78 Å². The van der Waals surface area contributed by atoms with E-state index in [-0.39, 0.29) is 24.2 Å². The number of guanidine groups is 1. The van der Waals surface area contributed by atoms with Gasteiger partial charge in [0.1, 0.15) is 5.75 Å². The SMILES string of the molecule is CN(C)C(=O)CNC(=NCc1ccccc1)NC1CCN(c2ccccc2OC(F)F)C1. The molecule has 1 fully saturated rings. The van der Waals surface area contributed by atoms with E-state index in [9.17, 15) is 13.6 Å². The number of carbonyl (C=O) groups excluding carboxylic acids is 1. The fourth-order valence-electron chi connectivity index (χ4n) is 3.43. The lowest BCUT2D eigenvalue weighted by Gasteiger charge is -2.23. The lowest BCUT2D eigenvalue weighted by Crippen LogP contribution is -2.47. The number of alkyl halides is 2. The first kappa shape index (κ1) is 23.3. The van der Waals surface area contributed by atoms with Gasteiger partial charge in [-0.05, 0) is 24.1 Å². The molecule has 172 valence electrons. The molecule has 0 radical (unpaired) electrons. The van der Waals surface area contributed by atoms with Crippen molar-refractivity contribution in [3.8, 4) is 5.75 Å². The van der Waals surface area contributed by atoms with Crippen LogP contribution in [0.2, 0.25) is 0 Å². The van der Waals surface area contributed by atoms with Gasteiger partial charge >= 0.3 is 6.61 Å². The van der Waals surface area contributed by atoms with Crippen LogP contribution >= 0.6 is 0 Å². The summed E-state index contributed by atoms with van der Waals surface area (Å²) in [4.78, 5) is 20.2. The van der Waals surface area contributed by atoms with Gasteiger partial charge in [0.25, 0.3) is 0 Å². The zero-order chi connectivity index (χ0) is 22.9. The molecular formula is C23H29F2N5O2. The minimum atomic E-state index is -2.87. The summed E-state index contributed by atoms with van der Waals surface area (Å²) in [6.45, 7) is -1.01. The van der Waals surface area contributed by atoms with E-state index in [0.717, 1.165) is 12.0 Å². The molecule has 2 N–H and O–H groups in total. The maximum atomic E-state index is 12.8. The maximum absolute atomic E-state index is 12.8. The number of ether oxygens (including phenoxy) is 1. The van der Waals surface area contributed by atoms with Crippen LogP contribution in [-0.4, -0.2) is 63.1 Å². The van der Waals surface area contributed by atoms with E-state index in [4.69, 9.17) is 0 Å². The molecule has 0 spiro atoms. The van der Waals surface area contributed by atoms with Gasteiger partial charge in [-0.1, -0.05) is 42.5 Å². The van der Waals surface area contributed by atoms with Gasteiger partial charge in [-0.15, -0.1) is 0 Å². The first-order chi connectivity index (χ1) is 15.4. The number of hydrogen-bond acceptors (Lipinski definition) is 4. The second-order valence-electron chi connectivity index (χ2n) is 7.71. The van der Waals surface area contributed by atoms with Crippen LogP contribution in [0.3, 0.4) is 0 Å². The largest absolute Gasteiger partial charge is 0.433 e. The molecule has 0 saturated carbocycles. The zero-order valence-electron chi connectivity index (χ0n) is 18.3. The molecule has 1 unspecified atom stereocenters. The number of carbonyl (C=O) groups is 1. The monoisotopic (exact) mass is 445 g/mol. The van der Waals surface area contributed by atoms with Crippen molar-refractivity contribution in [3.63, 3.8) is 0 Å². The highest BCUT2D eigenvalue weighted by molar-refractivity contribution is 5.86. The predicted octanol–water partition coefficient (Wildman–Crippen LogP) is 2.69. The van der Waals surface area contributed by atoms with Crippen LogP contribution in [0.15, 0.2) is 59.6 Å². The number of likely N-dealkylation sites (N-methyl/N-ethyl adjacent to an activating group) is 1. The molecule has 0 aliphatic carbocycles. The van der Waals surface area contributed by atoms with Crippen LogP contribution in [0, 0.1) is 0 Å². The number of para-hydroxylation sites is 2. The van der Waals surface area contributed by atoms with Gasteiger partial charge in [-0.25, -0.2) is 4.99 Å². The summed E-state index contributed by atoms with van der Waals surface area (Å²) in [6.07, 6.45) is 0.788. The summed E-state index contributed by atoms with van der Waals surface area (Å²) in [5, 5.41) is 6.47. The lowest BCUT2D eigenvalue weighted by atomic mass is 10.2. The standard InChI is InChI=1S/C23H29F2N5O2/c1-29(2)21(31)15-27-23(26-14-17-8-4-3-5-9-17)28-18-12-13-30(16-18)19-10-6-7-11-20(19)32-22(24)25/h3-11,18,22H,12-16H2,1-2H3,(H2,26,27,28). The molecule has 0 bridgehead atoms. The Bertz CT molecular complexity index is 908. The molecule has 32 heavy (non-hydrogen) atoms. The number of hydrogen-bond donors (Lipinski definition) is 2. The number of nitrogens with zero attached hydrogens (tertiary/aromatic N) is 3. The summed E-state index contributed by atoms with van der Waals surface area (Å²) >= 11 is 0. The van der Waals surface area contributed by atoms with Crippen molar-refractivity contribution < 1.29 is 18.3 Å². The van der Waals surface area contributed by atoms with E-state index in [1.165, 1.54) is 4.90 Å². The second kappa shape index (κ2) is 11.3. The van der Waals surface area contributed by atoms with Crippen molar-refractivity contribution >= 4 is 17.6 Å². The Morgan fingerprint density at radius 3 is 2.62 bits per heavy atom. The molecule has 1 heterocycles. The summed E-state index contributed by atoms with van der Waals surface area (Å²) < 4.78 is 30.2. The van der Waals surface area contributed by atoms with E-state index in [2.05, 4.69) is 20.4 Å². The average molecular weight is 446 g/mol. The smallest absolute Gasteiger partial charge is 0.387 e. The first-order valence-corrected chi connectivity index (χ1v) is 10.5. The number of rotatable bonds is 8. The fourth-order valence-corrected chi connectivity index (χ4v) is 3.43. The van der Waals surface area contributed by atoms with Crippen LogP contribution in [0.1, 0.15) is 12.0 Å². The Morgan fingerprint density at radius 1 is 1.19 bits per heavy atom. The normalized spacial score (nSPS) is 16.2. The zero-order valence-corrected chi connectivity index (χ0v) is 18.3. The molecule has 1 saturated heterocycles. The maximum Gasteiger partial charge on any atom is 0.387 e. The minimum Gasteiger partial charge on any atom is -0.433 e. The van der Waals surface area contributed by atoms with Crippen LogP contribution in [-0.2, 0) is 11.3 Å². The second-order valence-corrected chi connectivity index (χ2v) is 7.71. The summed E-state index contributed by atoms with van der Waals surface area (Å²) in [6, 6.07) is 16.7. The Kier molecular flexibility index (Phi) is 8.24. The summed E-state index contributed by atoms with van der Waals surface area (Å²) in [5.41, 5.74) is 1.69. The quantitative estimate of drug-likeness (QED) is 0.483. The van der Waals surface area contributed by atoms with E-state index >= 15 is 0 Å². The number of benzene rings is 2. The Morgan fingerprint density at radius 2 is 1.91 bits per heavy atom. The van der Waals surface area contributed by atoms with Crippen LogP contribution in [0.25, 0.3) is 0 Å². The highest BCUT2D eigenvalue weighted by atomic mass is 19.3. The van der Waals surface area contributed by atoms with Crippen LogP contribution in [0.4, 0.5) is 14.5 Å². The molecule has 2 aromatic carbocycles. The van der Waals surface area contributed by atoms with Crippen molar-refractivity contribution in [2.24, 2.45) is 4.99 Å². The van der Waals surface area contributed by atoms with Crippen LogP contribution in [0.5, 0.6) is 5.75 Å². The fraction of sp³-hybridized carbons (Fsp3) is 0.391. The van der Waals surface area contributed by atoms with Gasteiger partial charge in [0.05, 0.1) is 18.8 Å². The van der Waals surface area contributed by atoms with Gasteiger partial charge in [-0.3, -0.25) is 4.79 Å². The van der Waals surface area contributed by atoms with Crippen molar-refractivity contribution in [2.45, 2.75) is 25.6 Å². The number of nitrogens with one attached hydrogen (secondary N) is 2. The van der Waals surface area contributed by atoms with Crippen molar-refractivity contribution in [1.29, 1.82) is 0 Å². The van der Waals surface area contributed by atoms with Gasteiger partial charge in [0.15, 0.2) is 5.96 Å². The molecule has 3 rings (SSSR count). The average Bonchev–Trinajstić information content (AvgIpc) is 3.24. The van der Waals surface area contributed by atoms with Crippen molar-refractivity contribution in [1.82, 2.24) is 15.5 Å². The molecule has 9 heteroatoms. The lowest BCUT2D eigenvalue weighted by molar-refractivity contribution is -0.127. The molecule has 2 aromatic rings. The van der Waals surface area contributed by atoms with Crippen LogP contribution < -0.4 is 20.3 Å². The highest BCUT2D eigenvalue weighted by Crippen LogP contribution is 2.31. The molecule has 1 aliphatic heterocycles. The Labute approximate surface area is 187 Å². The highest BCUT2D eigenvalue weighted by Gasteiger charge is 2.26. The third-order valence-electron chi connectivity index (χ3n) is 5.12. The summed E-state index contributed by atoms with van der Waals surface area (Å²) in [5.74, 6) is 0.633. The van der Waals surface area contributed by atoms with E-state index in [0.29, 0.717) is 31.3 Å². The Hall–Kier alpha value is -3.36. The van der Waals surface area contributed by atoms with Gasteiger partial charge < -0.3 is 25.2 Å². The Balaban J connectivity index is 1.66. The van der Waals surface area contributed by atoms with E-state index < -0.39 is 6.61 Å². The summed E-state index contributed by atoms with van der Waals surface area (Å²) in [7, 11) is 3.40. The molecule has 1 atom stereocenters. The topological polar surface area (TPSA) is 69.2 Å². The third-order valence-corrected chi connectivity index (χ3v) is 5.12. The molecule has 0 aromatic heterocycles. The first-order valence-electron chi connectivity index (χ1n) is 10.5. The molecular weight excluding hydrogens is 416 g/mol. The van der Waals surface area contributed by atoms with Gasteiger partial charge in [0.2, 0.25) is 5.91 Å². The predicted molar refractivity (Wildman–Crippen MR) is 121 cm³/mol. The van der Waals surface area contributed by atoms with Gasteiger partial charge in [0, 0.05) is 33.2 Å². The molecule has 1 aliphatic rings. The van der Waals surface area contributed by atoms with E-state index in [1.54, 1.807) is 38.4 Å². The molecule has 7 nitrogen and oxygen atoms in total. The number of aliphatic imine (C=N–C) groups is 1. The third kappa shape index (κ3) is 6.83. The number of anilines is 1. The van der Waals surface area contributed by atoms with E-state index in [1.807, 2.05) is 35.2 Å². The van der Waals surface area contributed by atoms with Crippen molar-refractivity contribution in [3.05, 3.63) is 60.2 Å².